The molecule has 0 saturated heterocycles. The van der Waals surface area contributed by atoms with Gasteiger partial charge in [-0.25, -0.2) is 0 Å². The van der Waals surface area contributed by atoms with Crippen molar-refractivity contribution in [2.24, 2.45) is 11.7 Å². The summed E-state index contributed by atoms with van der Waals surface area (Å²) in [7, 11) is 0. The summed E-state index contributed by atoms with van der Waals surface area (Å²) in [6.45, 7) is 0. The van der Waals surface area contributed by atoms with Crippen LogP contribution in [0.3, 0.4) is 0 Å². The van der Waals surface area contributed by atoms with E-state index in [4.69, 9.17) is 5.73 Å². The number of rotatable bonds is 4. The molecule has 3 N–H and O–H groups in total. The highest BCUT2D eigenvalue weighted by molar-refractivity contribution is 5.85. The molecule has 0 spiro atoms. The van der Waals surface area contributed by atoms with E-state index in [1.165, 1.54) is 0 Å². The molecular weight excluding hydrogens is 308 g/mol. The smallest absolute Gasteiger partial charge is 0.223 e. The van der Waals surface area contributed by atoms with Crippen molar-refractivity contribution in [3.63, 3.8) is 0 Å². The summed E-state index contributed by atoms with van der Waals surface area (Å²) in [5.41, 5.74) is 8.14. The van der Waals surface area contributed by atoms with Gasteiger partial charge in [0, 0.05) is 12.0 Å². The zero-order chi connectivity index (χ0) is 15.4. The maximum absolute atomic E-state index is 12.6. The Morgan fingerprint density at radius 1 is 0.957 bits per heavy atom. The fourth-order valence-electron chi connectivity index (χ4n) is 3.16. The Morgan fingerprint density at radius 3 is 1.91 bits per heavy atom. The largest absolute Gasteiger partial charge is 0.345 e. The van der Waals surface area contributed by atoms with Crippen molar-refractivity contribution in [1.29, 1.82) is 0 Å². The highest BCUT2D eigenvalue weighted by Gasteiger charge is 2.29. The lowest BCUT2D eigenvalue weighted by Gasteiger charge is -2.22. The molecule has 2 atom stereocenters. The van der Waals surface area contributed by atoms with Gasteiger partial charge in [0.15, 0.2) is 0 Å². The predicted octanol–water partition coefficient (Wildman–Crippen LogP) is 3.44. The van der Waals surface area contributed by atoms with E-state index in [1.807, 2.05) is 36.4 Å². The Hall–Kier alpha value is -1.84. The molecule has 0 aromatic heterocycles. The number of halogens is 1. The number of hydrogen-bond acceptors (Lipinski definition) is 2. The van der Waals surface area contributed by atoms with Crippen LogP contribution in [0.1, 0.15) is 36.4 Å². The highest BCUT2D eigenvalue weighted by Crippen LogP contribution is 2.27. The number of hydrogen-bond donors (Lipinski definition) is 2. The first kappa shape index (κ1) is 17.5. The molecule has 0 radical (unpaired) electrons. The Labute approximate surface area is 143 Å². The minimum atomic E-state index is -0.105. The van der Waals surface area contributed by atoms with Gasteiger partial charge in [-0.3, -0.25) is 4.79 Å². The number of amides is 1. The fraction of sp³-hybridized carbons (Fsp3) is 0.316. The molecule has 1 fully saturated rings. The third kappa shape index (κ3) is 4.34. The highest BCUT2D eigenvalue weighted by atomic mass is 35.5. The van der Waals surface area contributed by atoms with Crippen molar-refractivity contribution < 1.29 is 4.79 Å². The summed E-state index contributed by atoms with van der Waals surface area (Å²) in [5, 5.41) is 3.22. The van der Waals surface area contributed by atoms with Crippen LogP contribution in [-0.4, -0.2) is 11.9 Å². The molecule has 0 heterocycles. The average Bonchev–Trinajstić information content (AvgIpc) is 3.01. The van der Waals surface area contributed by atoms with E-state index in [0.717, 1.165) is 30.4 Å². The topological polar surface area (TPSA) is 55.1 Å². The second kappa shape index (κ2) is 8.14. The molecule has 2 aromatic carbocycles. The van der Waals surface area contributed by atoms with Crippen molar-refractivity contribution in [3.8, 4) is 0 Å². The zero-order valence-electron chi connectivity index (χ0n) is 13.0. The van der Waals surface area contributed by atoms with Gasteiger partial charge in [-0.2, -0.15) is 0 Å². The molecule has 3 rings (SSSR count). The average molecular weight is 331 g/mol. The minimum Gasteiger partial charge on any atom is -0.345 e. The number of carbonyl (C=O) groups excluding carboxylic acids is 1. The Kier molecular flexibility index (Phi) is 6.20. The van der Waals surface area contributed by atoms with Gasteiger partial charge >= 0.3 is 0 Å². The molecule has 1 saturated carbocycles. The molecular formula is C19H23ClN2O. The van der Waals surface area contributed by atoms with Gasteiger partial charge in [-0.1, -0.05) is 60.7 Å². The number of nitrogens with two attached hydrogens (primary N) is 1. The summed E-state index contributed by atoms with van der Waals surface area (Å²) in [4.78, 5) is 12.6. The monoisotopic (exact) mass is 330 g/mol. The molecule has 122 valence electrons. The lowest BCUT2D eigenvalue weighted by Crippen LogP contribution is -2.34. The van der Waals surface area contributed by atoms with Crippen LogP contribution in [0.25, 0.3) is 0 Å². The van der Waals surface area contributed by atoms with Crippen LogP contribution in [0.2, 0.25) is 0 Å². The molecule has 1 amide bonds. The van der Waals surface area contributed by atoms with Crippen LogP contribution in [0.5, 0.6) is 0 Å². The van der Waals surface area contributed by atoms with E-state index in [-0.39, 0.29) is 36.3 Å². The van der Waals surface area contributed by atoms with Gasteiger partial charge in [0.1, 0.15) is 0 Å². The van der Waals surface area contributed by atoms with Crippen LogP contribution in [0, 0.1) is 5.92 Å². The summed E-state index contributed by atoms with van der Waals surface area (Å²) < 4.78 is 0. The zero-order valence-corrected chi connectivity index (χ0v) is 13.8. The van der Waals surface area contributed by atoms with Gasteiger partial charge in [0.2, 0.25) is 5.91 Å². The third-order valence-corrected chi connectivity index (χ3v) is 4.40. The van der Waals surface area contributed by atoms with Crippen molar-refractivity contribution in [3.05, 3.63) is 71.8 Å². The van der Waals surface area contributed by atoms with Crippen molar-refractivity contribution in [2.75, 3.05) is 0 Å². The molecule has 0 bridgehead atoms. The van der Waals surface area contributed by atoms with Gasteiger partial charge in [0.25, 0.3) is 0 Å². The van der Waals surface area contributed by atoms with Crippen molar-refractivity contribution >= 4 is 18.3 Å². The van der Waals surface area contributed by atoms with Crippen LogP contribution in [0.15, 0.2) is 60.7 Å². The number of benzene rings is 2. The maximum atomic E-state index is 12.6. The summed E-state index contributed by atoms with van der Waals surface area (Å²) in [5.74, 6) is 0.163. The SMILES string of the molecule is Cl.NC1CCC(C(=O)NC(c2ccccc2)c2ccccc2)C1. The minimum absolute atomic E-state index is 0. The third-order valence-electron chi connectivity index (χ3n) is 4.40. The van der Waals surface area contributed by atoms with Crippen LogP contribution < -0.4 is 11.1 Å². The van der Waals surface area contributed by atoms with E-state index in [1.54, 1.807) is 0 Å². The maximum Gasteiger partial charge on any atom is 0.223 e. The van der Waals surface area contributed by atoms with E-state index in [0.29, 0.717) is 0 Å². The normalized spacial score (nSPS) is 20.1. The lowest BCUT2D eigenvalue weighted by molar-refractivity contribution is -0.125. The van der Waals surface area contributed by atoms with Gasteiger partial charge in [0.05, 0.1) is 6.04 Å². The van der Waals surface area contributed by atoms with Gasteiger partial charge < -0.3 is 11.1 Å². The second-order valence-electron chi connectivity index (χ2n) is 6.03. The molecule has 23 heavy (non-hydrogen) atoms. The summed E-state index contributed by atoms with van der Waals surface area (Å²) in [6.07, 6.45) is 2.63. The first-order valence-corrected chi connectivity index (χ1v) is 7.90. The Bertz CT molecular complexity index is 578. The molecule has 1 aliphatic rings. The van der Waals surface area contributed by atoms with Gasteiger partial charge in [-0.15, -0.1) is 12.4 Å². The fourth-order valence-corrected chi connectivity index (χ4v) is 3.16. The summed E-state index contributed by atoms with van der Waals surface area (Å²) >= 11 is 0. The van der Waals surface area contributed by atoms with E-state index >= 15 is 0 Å². The van der Waals surface area contributed by atoms with E-state index in [9.17, 15) is 4.79 Å². The first-order valence-electron chi connectivity index (χ1n) is 7.90. The van der Waals surface area contributed by atoms with Gasteiger partial charge in [-0.05, 0) is 30.4 Å². The Morgan fingerprint density at radius 2 is 1.48 bits per heavy atom. The molecule has 4 heteroatoms. The van der Waals surface area contributed by atoms with E-state index in [2.05, 4.69) is 29.6 Å². The van der Waals surface area contributed by atoms with Crippen LogP contribution in [-0.2, 0) is 4.79 Å². The number of carbonyl (C=O) groups is 1. The van der Waals surface area contributed by atoms with Crippen molar-refractivity contribution in [2.45, 2.75) is 31.3 Å². The van der Waals surface area contributed by atoms with Crippen molar-refractivity contribution in [1.82, 2.24) is 5.32 Å². The molecule has 2 aromatic rings. The summed E-state index contributed by atoms with van der Waals surface area (Å²) in [6, 6.07) is 20.3. The Balaban J connectivity index is 0.00000192. The molecule has 0 aliphatic heterocycles. The molecule has 1 aliphatic carbocycles. The lowest BCUT2D eigenvalue weighted by atomic mass is 9.97. The quantitative estimate of drug-likeness (QED) is 0.902. The number of nitrogens with one attached hydrogen (secondary N) is 1. The predicted molar refractivity (Wildman–Crippen MR) is 95.4 cm³/mol. The van der Waals surface area contributed by atoms with E-state index < -0.39 is 0 Å². The molecule has 3 nitrogen and oxygen atoms in total. The standard InChI is InChI=1S/C19H22N2O.ClH/c20-17-12-11-16(13-17)19(22)21-18(14-7-3-1-4-8-14)15-9-5-2-6-10-15;/h1-10,16-18H,11-13,20H2,(H,21,22);1H. The molecule has 2 unspecified atom stereocenters. The second-order valence-corrected chi connectivity index (χ2v) is 6.03. The van der Waals surface area contributed by atoms with Crippen LogP contribution >= 0.6 is 12.4 Å². The van der Waals surface area contributed by atoms with Crippen LogP contribution in [0.4, 0.5) is 0 Å². The first-order chi connectivity index (χ1) is 10.7.